The van der Waals surface area contributed by atoms with Crippen molar-refractivity contribution in [2.75, 3.05) is 13.2 Å². The Bertz CT molecular complexity index is 350. The van der Waals surface area contributed by atoms with Crippen molar-refractivity contribution in [3.05, 3.63) is 29.8 Å². The van der Waals surface area contributed by atoms with Gasteiger partial charge in [0.25, 0.3) is 0 Å². The van der Waals surface area contributed by atoms with Crippen molar-refractivity contribution in [1.29, 1.82) is 0 Å². The van der Waals surface area contributed by atoms with E-state index in [0.29, 0.717) is 5.75 Å². The molecule has 0 radical (unpaired) electrons. The highest BCUT2D eigenvalue weighted by Crippen LogP contribution is 2.25. The largest absolute Gasteiger partial charge is 0.508 e. The van der Waals surface area contributed by atoms with Crippen molar-refractivity contribution in [3.8, 4) is 5.75 Å². The van der Waals surface area contributed by atoms with Crippen LogP contribution in [0.25, 0.3) is 0 Å². The maximum atomic E-state index is 9.73. The van der Waals surface area contributed by atoms with E-state index in [2.05, 4.69) is 19.2 Å². The minimum absolute atomic E-state index is 0.0629. The number of para-hydroxylation sites is 1. The molecule has 3 nitrogen and oxygen atoms in total. The summed E-state index contributed by atoms with van der Waals surface area (Å²) in [5.74, 6) is 0.326. The average Bonchev–Trinajstić information content (AvgIpc) is 2.27. The molecule has 0 saturated carbocycles. The standard InChI is InChI=1S/C14H23NO2/c1-11(12-6-4-5-7-13(12)17)15-10-14(2,3)8-9-16/h4-7,11,15-17H,8-10H2,1-3H3. The van der Waals surface area contributed by atoms with Gasteiger partial charge < -0.3 is 15.5 Å². The highest BCUT2D eigenvalue weighted by molar-refractivity contribution is 5.34. The number of phenolic OH excluding ortho intramolecular Hbond substituents is 1. The van der Waals surface area contributed by atoms with E-state index in [-0.39, 0.29) is 18.1 Å². The molecule has 0 amide bonds. The third-order valence-corrected chi connectivity index (χ3v) is 3.08. The molecule has 1 aromatic rings. The molecule has 17 heavy (non-hydrogen) atoms. The van der Waals surface area contributed by atoms with Crippen LogP contribution in [0.4, 0.5) is 0 Å². The molecule has 0 aromatic heterocycles. The van der Waals surface area contributed by atoms with Crippen LogP contribution < -0.4 is 5.32 Å². The molecule has 0 aliphatic heterocycles. The quantitative estimate of drug-likeness (QED) is 0.712. The number of nitrogens with one attached hydrogen (secondary N) is 1. The molecule has 3 heteroatoms. The molecule has 0 saturated heterocycles. The summed E-state index contributed by atoms with van der Waals surface area (Å²) < 4.78 is 0. The molecule has 0 spiro atoms. The van der Waals surface area contributed by atoms with Gasteiger partial charge in [0, 0.05) is 24.8 Å². The first-order valence-electron chi connectivity index (χ1n) is 6.08. The van der Waals surface area contributed by atoms with Crippen molar-refractivity contribution >= 4 is 0 Å². The lowest BCUT2D eigenvalue weighted by Crippen LogP contribution is -2.32. The lowest BCUT2D eigenvalue weighted by molar-refractivity contribution is 0.203. The first kappa shape index (κ1) is 14.0. The molecule has 0 aliphatic rings. The van der Waals surface area contributed by atoms with E-state index in [9.17, 15) is 5.11 Å². The van der Waals surface area contributed by atoms with E-state index in [1.165, 1.54) is 0 Å². The van der Waals surface area contributed by atoms with Crippen LogP contribution in [0, 0.1) is 5.41 Å². The van der Waals surface area contributed by atoms with Crippen LogP contribution in [0.2, 0.25) is 0 Å². The summed E-state index contributed by atoms with van der Waals surface area (Å²) in [6.45, 7) is 7.29. The van der Waals surface area contributed by atoms with Gasteiger partial charge in [-0.2, -0.15) is 0 Å². The highest BCUT2D eigenvalue weighted by atomic mass is 16.3. The zero-order valence-corrected chi connectivity index (χ0v) is 10.9. The Kier molecular flexibility index (Phi) is 4.97. The predicted octanol–water partition coefficient (Wildman–Crippen LogP) is 2.45. The summed E-state index contributed by atoms with van der Waals surface area (Å²) in [7, 11) is 0. The number of benzene rings is 1. The summed E-state index contributed by atoms with van der Waals surface area (Å²) >= 11 is 0. The Hall–Kier alpha value is -1.06. The fourth-order valence-corrected chi connectivity index (χ4v) is 1.78. The molecule has 1 rings (SSSR count). The minimum atomic E-state index is 0.0629. The topological polar surface area (TPSA) is 52.5 Å². The lowest BCUT2D eigenvalue weighted by atomic mass is 9.89. The van der Waals surface area contributed by atoms with Gasteiger partial charge in [0.2, 0.25) is 0 Å². The third kappa shape index (κ3) is 4.36. The summed E-state index contributed by atoms with van der Waals surface area (Å²) in [5, 5.41) is 22.1. The molecule has 1 atom stereocenters. The molecule has 0 heterocycles. The van der Waals surface area contributed by atoms with Crippen molar-refractivity contribution in [2.24, 2.45) is 5.41 Å². The van der Waals surface area contributed by atoms with Crippen molar-refractivity contribution < 1.29 is 10.2 Å². The summed E-state index contributed by atoms with van der Waals surface area (Å²) in [5.41, 5.74) is 0.972. The number of aliphatic hydroxyl groups is 1. The lowest BCUT2D eigenvalue weighted by Gasteiger charge is -2.26. The monoisotopic (exact) mass is 237 g/mol. The van der Waals surface area contributed by atoms with E-state index < -0.39 is 0 Å². The van der Waals surface area contributed by atoms with Crippen LogP contribution in [0.1, 0.15) is 38.8 Å². The molecule has 0 bridgehead atoms. The highest BCUT2D eigenvalue weighted by Gasteiger charge is 2.19. The van der Waals surface area contributed by atoms with Gasteiger partial charge in [-0.25, -0.2) is 0 Å². The van der Waals surface area contributed by atoms with Crippen LogP contribution in [0.15, 0.2) is 24.3 Å². The molecule has 1 unspecified atom stereocenters. The number of aliphatic hydroxyl groups excluding tert-OH is 1. The molecular weight excluding hydrogens is 214 g/mol. The van der Waals surface area contributed by atoms with Crippen LogP contribution in [-0.2, 0) is 0 Å². The predicted molar refractivity (Wildman–Crippen MR) is 70.0 cm³/mol. The van der Waals surface area contributed by atoms with Crippen molar-refractivity contribution in [3.63, 3.8) is 0 Å². The van der Waals surface area contributed by atoms with Crippen LogP contribution in [0.3, 0.4) is 0 Å². The van der Waals surface area contributed by atoms with Crippen molar-refractivity contribution in [1.82, 2.24) is 5.32 Å². The SMILES string of the molecule is CC(NCC(C)(C)CCO)c1ccccc1O. The Morgan fingerprint density at radius 2 is 1.94 bits per heavy atom. The maximum absolute atomic E-state index is 9.73. The van der Waals surface area contributed by atoms with Gasteiger partial charge in [-0.1, -0.05) is 32.0 Å². The van der Waals surface area contributed by atoms with E-state index in [1.54, 1.807) is 6.07 Å². The molecule has 1 aromatic carbocycles. The second-order valence-electron chi connectivity index (χ2n) is 5.30. The van der Waals surface area contributed by atoms with Crippen LogP contribution >= 0.6 is 0 Å². The number of hydrogen-bond donors (Lipinski definition) is 3. The smallest absolute Gasteiger partial charge is 0.120 e. The Labute approximate surface area is 103 Å². The van der Waals surface area contributed by atoms with Gasteiger partial charge in [-0.15, -0.1) is 0 Å². The minimum Gasteiger partial charge on any atom is -0.508 e. The van der Waals surface area contributed by atoms with Crippen LogP contribution in [0.5, 0.6) is 5.75 Å². The van der Waals surface area contributed by atoms with Gasteiger partial charge in [-0.3, -0.25) is 0 Å². The Morgan fingerprint density at radius 1 is 1.29 bits per heavy atom. The Morgan fingerprint density at radius 3 is 2.53 bits per heavy atom. The van der Waals surface area contributed by atoms with Gasteiger partial charge in [0.05, 0.1) is 0 Å². The average molecular weight is 237 g/mol. The van der Waals surface area contributed by atoms with Gasteiger partial charge >= 0.3 is 0 Å². The van der Waals surface area contributed by atoms with Gasteiger partial charge in [-0.05, 0) is 24.8 Å². The number of hydrogen-bond acceptors (Lipinski definition) is 3. The van der Waals surface area contributed by atoms with E-state index in [0.717, 1.165) is 18.5 Å². The normalized spacial score (nSPS) is 13.6. The fraction of sp³-hybridized carbons (Fsp3) is 0.571. The number of phenols is 1. The second kappa shape index (κ2) is 6.03. The zero-order chi connectivity index (χ0) is 12.9. The van der Waals surface area contributed by atoms with E-state index >= 15 is 0 Å². The Balaban J connectivity index is 2.56. The van der Waals surface area contributed by atoms with Crippen molar-refractivity contribution in [2.45, 2.75) is 33.2 Å². The third-order valence-electron chi connectivity index (χ3n) is 3.08. The molecule has 96 valence electrons. The number of rotatable bonds is 6. The second-order valence-corrected chi connectivity index (χ2v) is 5.30. The molecule has 3 N–H and O–H groups in total. The van der Waals surface area contributed by atoms with E-state index in [4.69, 9.17) is 5.11 Å². The first-order valence-corrected chi connectivity index (χ1v) is 6.08. The zero-order valence-electron chi connectivity index (χ0n) is 10.9. The van der Waals surface area contributed by atoms with Gasteiger partial charge in [0.15, 0.2) is 0 Å². The van der Waals surface area contributed by atoms with Crippen LogP contribution in [-0.4, -0.2) is 23.4 Å². The fourth-order valence-electron chi connectivity index (χ4n) is 1.78. The summed E-state index contributed by atoms with van der Waals surface area (Å²) in [4.78, 5) is 0. The molecule has 0 fully saturated rings. The number of aromatic hydroxyl groups is 1. The molecule has 0 aliphatic carbocycles. The van der Waals surface area contributed by atoms with E-state index in [1.807, 2.05) is 25.1 Å². The first-order chi connectivity index (χ1) is 7.96. The van der Waals surface area contributed by atoms with Gasteiger partial charge in [0.1, 0.15) is 5.75 Å². The maximum Gasteiger partial charge on any atom is 0.120 e. The summed E-state index contributed by atoms with van der Waals surface area (Å²) in [6, 6.07) is 7.47. The molecular formula is C14H23NO2. The summed E-state index contributed by atoms with van der Waals surface area (Å²) in [6.07, 6.45) is 0.771.